The SMILES string of the molecule is COc1cc(C2CC(=O)N(N(C)C)C3=C2C(=O)CC(C)(C)C3)ccc1OCc1ccccc1C. The van der Waals surface area contributed by atoms with E-state index in [1.54, 1.807) is 17.1 Å². The third-order valence-electron chi connectivity index (χ3n) is 6.75. The van der Waals surface area contributed by atoms with E-state index >= 15 is 0 Å². The van der Waals surface area contributed by atoms with E-state index in [4.69, 9.17) is 9.47 Å². The van der Waals surface area contributed by atoms with Crippen LogP contribution in [0.3, 0.4) is 0 Å². The maximum Gasteiger partial charge on any atom is 0.242 e. The molecule has 6 nitrogen and oxygen atoms in total. The Morgan fingerprint density at radius 2 is 1.79 bits per heavy atom. The van der Waals surface area contributed by atoms with Crippen molar-refractivity contribution in [3.05, 3.63) is 70.4 Å². The van der Waals surface area contributed by atoms with Crippen LogP contribution in [0.4, 0.5) is 0 Å². The number of allylic oxidation sites excluding steroid dienone is 2. The summed E-state index contributed by atoms with van der Waals surface area (Å²) in [7, 11) is 5.30. The van der Waals surface area contributed by atoms with Crippen molar-refractivity contribution in [3.63, 3.8) is 0 Å². The maximum absolute atomic E-state index is 13.3. The van der Waals surface area contributed by atoms with Crippen molar-refractivity contribution in [2.45, 2.75) is 52.6 Å². The standard InChI is InChI=1S/C28H34N2O4/c1-18-9-7-8-10-20(18)17-34-24-12-11-19(13-25(24)33-6)21-14-26(32)30(29(4)5)22-15-28(2,3)16-23(31)27(21)22/h7-13,21H,14-17H2,1-6H3. The van der Waals surface area contributed by atoms with Crippen molar-refractivity contribution < 1.29 is 19.1 Å². The number of methoxy groups -OCH3 is 1. The quantitative estimate of drug-likeness (QED) is 0.603. The number of amides is 1. The first kappa shape index (κ1) is 24.0. The highest BCUT2D eigenvalue weighted by molar-refractivity contribution is 6.02. The molecule has 1 amide bonds. The molecule has 0 radical (unpaired) electrons. The molecule has 0 aromatic heterocycles. The zero-order chi connectivity index (χ0) is 24.6. The summed E-state index contributed by atoms with van der Waals surface area (Å²) in [5.74, 6) is 1.06. The molecule has 1 heterocycles. The molecule has 34 heavy (non-hydrogen) atoms. The van der Waals surface area contributed by atoms with E-state index in [1.807, 2.05) is 50.5 Å². The topological polar surface area (TPSA) is 59.1 Å². The largest absolute Gasteiger partial charge is 0.493 e. The van der Waals surface area contributed by atoms with Crippen molar-refractivity contribution in [2.24, 2.45) is 5.41 Å². The molecule has 6 heteroatoms. The fourth-order valence-corrected chi connectivity index (χ4v) is 5.10. The van der Waals surface area contributed by atoms with Gasteiger partial charge in [-0.3, -0.25) is 9.59 Å². The van der Waals surface area contributed by atoms with Crippen molar-refractivity contribution in [2.75, 3.05) is 21.2 Å². The zero-order valence-corrected chi connectivity index (χ0v) is 21.0. The zero-order valence-electron chi connectivity index (χ0n) is 21.0. The van der Waals surface area contributed by atoms with E-state index in [-0.39, 0.29) is 29.4 Å². The van der Waals surface area contributed by atoms with Crippen molar-refractivity contribution in [1.82, 2.24) is 10.0 Å². The summed E-state index contributed by atoms with van der Waals surface area (Å²) in [6, 6.07) is 13.9. The monoisotopic (exact) mass is 462 g/mol. The molecule has 2 aromatic rings. The lowest BCUT2D eigenvalue weighted by molar-refractivity contribution is -0.143. The Labute approximate surface area is 202 Å². The Morgan fingerprint density at radius 3 is 2.47 bits per heavy atom. The maximum atomic E-state index is 13.3. The van der Waals surface area contributed by atoms with E-state index in [0.717, 1.165) is 22.4 Å². The number of carbonyl (C=O) groups excluding carboxylic acids is 2. The summed E-state index contributed by atoms with van der Waals surface area (Å²) >= 11 is 0. The van der Waals surface area contributed by atoms with Crippen LogP contribution in [-0.4, -0.2) is 42.9 Å². The third kappa shape index (κ3) is 4.60. The average molecular weight is 463 g/mol. The van der Waals surface area contributed by atoms with Crippen LogP contribution < -0.4 is 9.47 Å². The predicted molar refractivity (Wildman–Crippen MR) is 131 cm³/mol. The lowest BCUT2D eigenvalue weighted by atomic mass is 9.69. The van der Waals surface area contributed by atoms with Crippen LogP contribution in [0.5, 0.6) is 11.5 Å². The van der Waals surface area contributed by atoms with Crippen LogP contribution in [-0.2, 0) is 16.2 Å². The summed E-state index contributed by atoms with van der Waals surface area (Å²) in [6.45, 7) is 6.66. The van der Waals surface area contributed by atoms with Gasteiger partial charge in [-0.05, 0) is 47.6 Å². The molecule has 1 atom stereocenters. The van der Waals surface area contributed by atoms with Crippen LogP contribution in [0.15, 0.2) is 53.7 Å². The minimum Gasteiger partial charge on any atom is -0.493 e. The molecular formula is C28H34N2O4. The van der Waals surface area contributed by atoms with Gasteiger partial charge in [0.2, 0.25) is 5.91 Å². The second-order valence-corrected chi connectivity index (χ2v) is 10.2. The lowest BCUT2D eigenvalue weighted by Crippen LogP contribution is -2.49. The molecule has 0 saturated heterocycles. The van der Waals surface area contributed by atoms with Gasteiger partial charge in [0.15, 0.2) is 17.3 Å². The number of hydrogen-bond donors (Lipinski definition) is 0. The Kier molecular flexibility index (Phi) is 6.54. The Balaban J connectivity index is 1.69. The van der Waals surface area contributed by atoms with Gasteiger partial charge in [0.1, 0.15) is 6.61 Å². The molecule has 0 N–H and O–H groups in total. The van der Waals surface area contributed by atoms with Gasteiger partial charge < -0.3 is 9.47 Å². The lowest BCUT2D eigenvalue weighted by Gasteiger charge is -2.44. The van der Waals surface area contributed by atoms with E-state index in [9.17, 15) is 9.59 Å². The number of ether oxygens (including phenoxy) is 2. The number of nitrogens with zero attached hydrogens (tertiary/aromatic N) is 2. The van der Waals surface area contributed by atoms with Gasteiger partial charge in [-0.25, -0.2) is 10.0 Å². The van der Waals surface area contributed by atoms with Gasteiger partial charge in [0, 0.05) is 44.1 Å². The van der Waals surface area contributed by atoms with Gasteiger partial charge in [-0.1, -0.05) is 44.2 Å². The molecular weight excluding hydrogens is 428 g/mol. The number of carbonyl (C=O) groups is 2. The second kappa shape index (κ2) is 9.26. The number of ketones is 1. The van der Waals surface area contributed by atoms with Gasteiger partial charge in [-0.15, -0.1) is 0 Å². The average Bonchev–Trinajstić information content (AvgIpc) is 2.76. The predicted octanol–water partition coefficient (Wildman–Crippen LogP) is 5.02. The first-order valence-electron chi connectivity index (χ1n) is 11.7. The summed E-state index contributed by atoms with van der Waals surface area (Å²) < 4.78 is 11.7. The molecule has 2 aromatic carbocycles. The van der Waals surface area contributed by atoms with Gasteiger partial charge in [-0.2, -0.15) is 0 Å². The first-order valence-corrected chi connectivity index (χ1v) is 11.7. The van der Waals surface area contributed by atoms with Crippen LogP contribution >= 0.6 is 0 Å². The molecule has 4 rings (SSSR count). The highest BCUT2D eigenvalue weighted by Gasteiger charge is 2.44. The van der Waals surface area contributed by atoms with Crippen molar-refractivity contribution >= 4 is 11.7 Å². The fourth-order valence-electron chi connectivity index (χ4n) is 5.10. The Hall–Kier alpha value is -3.12. The number of Topliss-reactive ketones (excluding diaryl/α,β-unsaturated/α-hetero) is 1. The molecule has 0 spiro atoms. The van der Waals surface area contributed by atoms with E-state index in [0.29, 0.717) is 30.9 Å². The molecule has 1 aliphatic heterocycles. The van der Waals surface area contributed by atoms with Crippen LogP contribution in [0, 0.1) is 12.3 Å². The number of aryl methyl sites for hydroxylation is 1. The molecule has 0 fully saturated rings. The van der Waals surface area contributed by atoms with Gasteiger partial charge in [0.05, 0.1) is 7.11 Å². The Morgan fingerprint density at radius 1 is 1.06 bits per heavy atom. The first-order chi connectivity index (χ1) is 16.1. The summed E-state index contributed by atoms with van der Waals surface area (Å²) in [5.41, 5.74) is 4.57. The molecule has 1 aliphatic carbocycles. The van der Waals surface area contributed by atoms with Crippen LogP contribution in [0.25, 0.3) is 0 Å². The highest BCUT2D eigenvalue weighted by Crippen LogP contribution is 2.48. The fraction of sp³-hybridized carbons (Fsp3) is 0.429. The van der Waals surface area contributed by atoms with Crippen LogP contribution in [0.1, 0.15) is 55.7 Å². The van der Waals surface area contributed by atoms with Gasteiger partial charge in [0.25, 0.3) is 0 Å². The number of hydrogen-bond acceptors (Lipinski definition) is 5. The number of hydrazine groups is 1. The summed E-state index contributed by atoms with van der Waals surface area (Å²) in [6.07, 6.45) is 1.41. The Bertz CT molecular complexity index is 1150. The highest BCUT2D eigenvalue weighted by atomic mass is 16.5. The van der Waals surface area contributed by atoms with Crippen molar-refractivity contribution in [3.8, 4) is 11.5 Å². The number of benzene rings is 2. The normalized spacial score (nSPS) is 20.0. The van der Waals surface area contributed by atoms with Gasteiger partial charge >= 0.3 is 0 Å². The smallest absolute Gasteiger partial charge is 0.242 e. The van der Waals surface area contributed by atoms with E-state index in [2.05, 4.69) is 26.8 Å². The van der Waals surface area contributed by atoms with E-state index in [1.165, 1.54) is 5.56 Å². The molecule has 2 aliphatic rings. The van der Waals surface area contributed by atoms with Crippen molar-refractivity contribution in [1.29, 1.82) is 0 Å². The van der Waals surface area contributed by atoms with Crippen LogP contribution in [0.2, 0.25) is 0 Å². The summed E-state index contributed by atoms with van der Waals surface area (Å²) in [5, 5.41) is 3.47. The number of rotatable bonds is 6. The minimum atomic E-state index is -0.290. The third-order valence-corrected chi connectivity index (χ3v) is 6.75. The molecule has 180 valence electrons. The second-order valence-electron chi connectivity index (χ2n) is 10.2. The summed E-state index contributed by atoms with van der Waals surface area (Å²) in [4.78, 5) is 26.5. The molecule has 1 unspecified atom stereocenters. The van der Waals surface area contributed by atoms with E-state index < -0.39 is 0 Å². The molecule has 0 bridgehead atoms. The minimum absolute atomic E-state index is 0.00176. The molecule has 0 saturated carbocycles.